The summed E-state index contributed by atoms with van der Waals surface area (Å²) in [7, 11) is -3.60. The zero-order valence-corrected chi connectivity index (χ0v) is 12.9. The van der Waals surface area contributed by atoms with Gasteiger partial charge in [0.05, 0.1) is 5.54 Å². The van der Waals surface area contributed by atoms with Crippen molar-refractivity contribution < 1.29 is 8.42 Å². The molecule has 6 nitrogen and oxygen atoms in total. The van der Waals surface area contributed by atoms with Crippen molar-refractivity contribution in [1.29, 1.82) is 5.41 Å². The number of amidine groups is 1. The summed E-state index contributed by atoms with van der Waals surface area (Å²) in [6.45, 7) is 6.14. The van der Waals surface area contributed by atoms with Gasteiger partial charge in [0, 0.05) is 12.6 Å². The fourth-order valence-corrected chi connectivity index (χ4v) is 4.52. The Labute approximate surface area is 116 Å². The van der Waals surface area contributed by atoms with Crippen molar-refractivity contribution in [2.45, 2.75) is 64.5 Å². The fourth-order valence-electron chi connectivity index (χ4n) is 2.56. The van der Waals surface area contributed by atoms with Crippen LogP contribution in [0.3, 0.4) is 0 Å². The lowest BCUT2D eigenvalue weighted by Crippen LogP contribution is -2.60. The van der Waals surface area contributed by atoms with Gasteiger partial charge in [-0.15, -0.1) is 0 Å². The van der Waals surface area contributed by atoms with Crippen molar-refractivity contribution in [1.82, 2.24) is 9.03 Å². The summed E-state index contributed by atoms with van der Waals surface area (Å²) in [5.41, 5.74) is 4.64. The first-order valence-electron chi connectivity index (χ1n) is 6.94. The molecule has 1 heterocycles. The van der Waals surface area contributed by atoms with Crippen molar-refractivity contribution >= 4 is 16.0 Å². The number of rotatable bonds is 6. The predicted molar refractivity (Wildman–Crippen MR) is 77.3 cm³/mol. The smallest absolute Gasteiger partial charge is 0.280 e. The third kappa shape index (κ3) is 3.46. The van der Waals surface area contributed by atoms with Crippen LogP contribution in [0.25, 0.3) is 0 Å². The van der Waals surface area contributed by atoms with Gasteiger partial charge in [0.2, 0.25) is 0 Å². The third-order valence-corrected chi connectivity index (χ3v) is 5.91. The van der Waals surface area contributed by atoms with Crippen LogP contribution in [0.2, 0.25) is 0 Å². The van der Waals surface area contributed by atoms with Gasteiger partial charge >= 0.3 is 0 Å². The molecule has 0 saturated carbocycles. The minimum absolute atomic E-state index is 0.00428. The second kappa shape index (κ2) is 6.19. The second-order valence-corrected chi connectivity index (χ2v) is 6.89. The Morgan fingerprint density at radius 3 is 2.42 bits per heavy atom. The van der Waals surface area contributed by atoms with Crippen molar-refractivity contribution in [2.24, 2.45) is 5.73 Å². The van der Waals surface area contributed by atoms with Crippen LogP contribution >= 0.6 is 0 Å². The molecule has 0 amide bonds. The zero-order valence-electron chi connectivity index (χ0n) is 12.1. The Balaban J connectivity index is 2.97. The van der Waals surface area contributed by atoms with E-state index in [1.165, 1.54) is 4.31 Å². The maximum atomic E-state index is 12.5. The molecule has 0 aromatic rings. The molecular formula is C12H26N4O2S. The molecule has 1 atom stereocenters. The molecule has 0 aliphatic carbocycles. The van der Waals surface area contributed by atoms with Crippen LogP contribution in [0.5, 0.6) is 0 Å². The van der Waals surface area contributed by atoms with Gasteiger partial charge in [0.1, 0.15) is 5.84 Å². The van der Waals surface area contributed by atoms with E-state index in [-0.39, 0.29) is 11.9 Å². The molecule has 4 N–H and O–H groups in total. The van der Waals surface area contributed by atoms with E-state index in [2.05, 4.69) is 4.72 Å². The van der Waals surface area contributed by atoms with Gasteiger partial charge in [-0.05, 0) is 32.6 Å². The van der Waals surface area contributed by atoms with Crippen molar-refractivity contribution in [3.05, 3.63) is 0 Å². The number of hydrogen-bond acceptors (Lipinski definition) is 3. The highest BCUT2D eigenvalue weighted by Crippen LogP contribution is 2.23. The molecule has 1 aliphatic rings. The quantitative estimate of drug-likeness (QED) is 0.506. The molecule has 19 heavy (non-hydrogen) atoms. The zero-order chi connectivity index (χ0) is 14.7. The van der Waals surface area contributed by atoms with Crippen LogP contribution in [0.4, 0.5) is 0 Å². The number of nitrogens with one attached hydrogen (secondary N) is 2. The standard InChI is InChI=1S/C12H26N4O2S/c1-4-12(5-2,11(13)14)15-19(17,18)16-9-7-6-8-10(16)3/h10,15H,4-9H2,1-3H3,(H3,13,14). The SMILES string of the molecule is CCC(CC)(NS(=O)(=O)N1CCCCC1C)C(=N)N. The van der Waals surface area contributed by atoms with E-state index in [4.69, 9.17) is 11.1 Å². The molecule has 0 radical (unpaired) electrons. The van der Waals surface area contributed by atoms with Crippen LogP contribution < -0.4 is 10.5 Å². The van der Waals surface area contributed by atoms with Gasteiger partial charge in [0.15, 0.2) is 0 Å². The molecule has 0 aromatic carbocycles. The van der Waals surface area contributed by atoms with Crippen molar-refractivity contribution in [2.75, 3.05) is 6.54 Å². The highest BCUT2D eigenvalue weighted by atomic mass is 32.2. The average Bonchev–Trinajstić information content (AvgIpc) is 2.36. The number of piperidine rings is 1. The average molecular weight is 290 g/mol. The maximum absolute atomic E-state index is 12.5. The molecule has 1 saturated heterocycles. The van der Waals surface area contributed by atoms with Crippen LogP contribution in [0.15, 0.2) is 0 Å². The monoisotopic (exact) mass is 290 g/mol. The number of nitrogens with two attached hydrogens (primary N) is 1. The van der Waals surface area contributed by atoms with Gasteiger partial charge in [0.25, 0.3) is 10.2 Å². The molecule has 1 aliphatic heterocycles. The largest absolute Gasteiger partial charge is 0.386 e. The lowest BCUT2D eigenvalue weighted by molar-refractivity contribution is 0.260. The van der Waals surface area contributed by atoms with Crippen LogP contribution in [0.1, 0.15) is 52.9 Å². The predicted octanol–water partition coefficient (Wildman–Crippen LogP) is 1.19. The highest BCUT2D eigenvalue weighted by Gasteiger charge is 2.39. The van der Waals surface area contributed by atoms with Crippen LogP contribution in [-0.2, 0) is 10.2 Å². The summed E-state index contributed by atoms with van der Waals surface area (Å²) in [6, 6.07) is 0.00428. The molecule has 112 valence electrons. The molecular weight excluding hydrogens is 264 g/mol. The number of hydrogen-bond donors (Lipinski definition) is 3. The molecule has 0 bridgehead atoms. The molecule has 0 spiro atoms. The minimum Gasteiger partial charge on any atom is -0.386 e. The topological polar surface area (TPSA) is 99.3 Å². The van der Waals surface area contributed by atoms with Crippen molar-refractivity contribution in [3.8, 4) is 0 Å². The first-order valence-corrected chi connectivity index (χ1v) is 8.38. The van der Waals surface area contributed by atoms with E-state index in [0.29, 0.717) is 19.4 Å². The first kappa shape index (κ1) is 16.4. The molecule has 1 fully saturated rings. The normalized spacial score (nSPS) is 22.4. The van der Waals surface area contributed by atoms with Crippen LogP contribution in [-0.4, -0.2) is 36.7 Å². The van der Waals surface area contributed by atoms with E-state index < -0.39 is 15.7 Å². The van der Waals surface area contributed by atoms with Crippen molar-refractivity contribution in [3.63, 3.8) is 0 Å². The van der Waals surface area contributed by atoms with Gasteiger partial charge < -0.3 is 5.73 Å². The van der Waals surface area contributed by atoms with E-state index in [9.17, 15) is 8.42 Å². The van der Waals surface area contributed by atoms with E-state index >= 15 is 0 Å². The van der Waals surface area contributed by atoms with Gasteiger partial charge in [-0.3, -0.25) is 5.41 Å². The fraction of sp³-hybridized carbons (Fsp3) is 0.917. The summed E-state index contributed by atoms with van der Waals surface area (Å²) in [6.07, 6.45) is 3.77. The Kier molecular flexibility index (Phi) is 5.34. The summed E-state index contributed by atoms with van der Waals surface area (Å²) in [5, 5.41) is 7.68. The van der Waals surface area contributed by atoms with E-state index in [0.717, 1.165) is 19.3 Å². The molecule has 1 unspecified atom stereocenters. The lowest BCUT2D eigenvalue weighted by atomic mass is 9.93. The Hall–Kier alpha value is -0.660. The van der Waals surface area contributed by atoms with E-state index in [1.54, 1.807) is 0 Å². The minimum atomic E-state index is -3.60. The number of nitrogens with zero attached hydrogens (tertiary/aromatic N) is 1. The summed E-state index contributed by atoms with van der Waals surface area (Å²) >= 11 is 0. The van der Waals surface area contributed by atoms with Gasteiger partial charge in [-0.1, -0.05) is 20.3 Å². The molecule has 7 heteroatoms. The van der Waals surface area contributed by atoms with Gasteiger partial charge in [-0.25, -0.2) is 0 Å². The summed E-state index contributed by atoms with van der Waals surface area (Å²) in [5.74, 6) is -0.120. The van der Waals surface area contributed by atoms with Crippen LogP contribution in [0, 0.1) is 5.41 Å². The first-order chi connectivity index (χ1) is 8.79. The molecule has 1 rings (SSSR count). The highest BCUT2D eigenvalue weighted by molar-refractivity contribution is 7.87. The Morgan fingerprint density at radius 2 is 2.00 bits per heavy atom. The Morgan fingerprint density at radius 1 is 1.42 bits per heavy atom. The van der Waals surface area contributed by atoms with Gasteiger partial charge in [-0.2, -0.15) is 17.4 Å². The lowest BCUT2D eigenvalue weighted by Gasteiger charge is -2.37. The summed E-state index contributed by atoms with van der Waals surface area (Å²) in [4.78, 5) is 0. The third-order valence-electron chi connectivity index (χ3n) is 4.10. The molecule has 0 aromatic heterocycles. The Bertz CT molecular complexity index is 417. The second-order valence-electron chi connectivity index (χ2n) is 5.27. The summed E-state index contributed by atoms with van der Waals surface area (Å²) < 4.78 is 29.1. The maximum Gasteiger partial charge on any atom is 0.280 e. The van der Waals surface area contributed by atoms with E-state index in [1.807, 2.05) is 20.8 Å².